The van der Waals surface area contributed by atoms with Crippen molar-refractivity contribution in [3.63, 3.8) is 0 Å². The normalized spacial score (nSPS) is 15.5. The zero-order chi connectivity index (χ0) is 16.9. The molecule has 3 rings (SSSR count). The molecule has 24 heavy (non-hydrogen) atoms. The number of hydrogen-bond donors (Lipinski definition) is 0. The standard InChI is InChI=1S/C19H23N3OS/c1-14-12-15(2)21-19(20-14)24-13-18(23)22-10-8-17(9-11-22)16-6-4-3-5-7-16/h3-7,12,17H,8-11,13H2,1-2H3. The van der Waals surface area contributed by atoms with E-state index in [1.807, 2.05) is 24.8 Å². The topological polar surface area (TPSA) is 46.1 Å². The van der Waals surface area contributed by atoms with Crippen LogP contribution in [0.2, 0.25) is 0 Å². The Hall–Kier alpha value is -1.88. The average Bonchev–Trinajstić information content (AvgIpc) is 2.60. The van der Waals surface area contributed by atoms with Gasteiger partial charge >= 0.3 is 0 Å². The lowest BCUT2D eigenvalue weighted by molar-refractivity contribution is -0.129. The van der Waals surface area contributed by atoms with Crippen LogP contribution in [0.25, 0.3) is 0 Å². The molecule has 0 atom stereocenters. The van der Waals surface area contributed by atoms with Crippen molar-refractivity contribution in [1.82, 2.24) is 14.9 Å². The predicted octanol–water partition coefficient (Wildman–Crippen LogP) is 3.59. The van der Waals surface area contributed by atoms with Gasteiger partial charge in [0.2, 0.25) is 5.91 Å². The van der Waals surface area contributed by atoms with Crippen molar-refractivity contribution >= 4 is 17.7 Å². The third-order valence-electron chi connectivity index (χ3n) is 4.41. The molecular weight excluding hydrogens is 318 g/mol. The summed E-state index contributed by atoms with van der Waals surface area (Å²) in [5.74, 6) is 1.18. The number of piperidine rings is 1. The zero-order valence-corrected chi connectivity index (χ0v) is 15.1. The SMILES string of the molecule is Cc1cc(C)nc(SCC(=O)N2CCC(c3ccccc3)CC2)n1. The molecule has 0 spiro atoms. The first-order valence-corrected chi connectivity index (χ1v) is 9.38. The largest absolute Gasteiger partial charge is 0.342 e. The van der Waals surface area contributed by atoms with Crippen molar-refractivity contribution in [2.45, 2.75) is 37.8 Å². The van der Waals surface area contributed by atoms with Crippen LogP contribution in [0.1, 0.15) is 35.7 Å². The van der Waals surface area contributed by atoms with E-state index in [9.17, 15) is 4.79 Å². The van der Waals surface area contributed by atoms with Crippen LogP contribution in [-0.4, -0.2) is 39.6 Å². The molecule has 1 saturated heterocycles. The summed E-state index contributed by atoms with van der Waals surface area (Å²) in [6.45, 7) is 5.59. The fraction of sp³-hybridized carbons (Fsp3) is 0.421. The lowest BCUT2D eigenvalue weighted by Crippen LogP contribution is -2.38. The Kier molecular flexibility index (Phi) is 5.51. The van der Waals surface area contributed by atoms with Crippen molar-refractivity contribution in [2.75, 3.05) is 18.8 Å². The van der Waals surface area contributed by atoms with E-state index in [0.29, 0.717) is 16.8 Å². The summed E-state index contributed by atoms with van der Waals surface area (Å²) < 4.78 is 0. The molecule has 0 unspecified atom stereocenters. The zero-order valence-electron chi connectivity index (χ0n) is 14.2. The fourth-order valence-electron chi connectivity index (χ4n) is 3.16. The van der Waals surface area contributed by atoms with Crippen LogP contribution in [-0.2, 0) is 4.79 Å². The molecule has 1 aliphatic rings. The van der Waals surface area contributed by atoms with Gasteiger partial charge in [0.05, 0.1) is 5.75 Å². The number of nitrogens with zero attached hydrogens (tertiary/aromatic N) is 3. The molecule has 1 aromatic carbocycles. The number of rotatable bonds is 4. The van der Waals surface area contributed by atoms with Gasteiger partial charge in [0, 0.05) is 24.5 Å². The summed E-state index contributed by atoms with van der Waals surface area (Å²) in [6, 6.07) is 12.6. The molecule has 1 aliphatic heterocycles. The molecule has 4 nitrogen and oxygen atoms in total. The number of likely N-dealkylation sites (tertiary alicyclic amines) is 1. The van der Waals surface area contributed by atoms with Crippen LogP contribution in [0.5, 0.6) is 0 Å². The first-order chi connectivity index (χ1) is 11.6. The predicted molar refractivity (Wildman–Crippen MR) is 97.2 cm³/mol. The Bertz CT molecular complexity index is 677. The number of aromatic nitrogens is 2. The summed E-state index contributed by atoms with van der Waals surface area (Å²) >= 11 is 1.43. The van der Waals surface area contributed by atoms with Crippen molar-refractivity contribution in [1.29, 1.82) is 0 Å². The lowest BCUT2D eigenvalue weighted by Gasteiger charge is -2.32. The first-order valence-electron chi connectivity index (χ1n) is 8.39. The Morgan fingerprint density at radius 3 is 2.38 bits per heavy atom. The van der Waals surface area contributed by atoms with E-state index in [2.05, 4.69) is 40.3 Å². The minimum absolute atomic E-state index is 0.189. The summed E-state index contributed by atoms with van der Waals surface area (Å²) in [5.41, 5.74) is 3.28. The second-order valence-corrected chi connectivity index (χ2v) is 7.23. The van der Waals surface area contributed by atoms with Gasteiger partial charge in [-0.25, -0.2) is 9.97 Å². The maximum Gasteiger partial charge on any atom is 0.233 e. The van der Waals surface area contributed by atoms with Gasteiger partial charge in [-0.1, -0.05) is 42.1 Å². The summed E-state index contributed by atoms with van der Waals surface area (Å²) in [6.07, 6.45) is 2.08. The molecule has 2 aromatic rings. The highest BCUT2D eigenvalue weighted by atomic mass is 32.2. The molecule has 0 saturated carbocycles. The van der Waals surface area contributed by atoms with Crippen LogP contribution >= 0.6 is 11.8 Å². The molecule has 2 heterocycles. The second-order valence-electron chi connectivity index (χ2n) is 6.29. The third-order valence-corrected chi connectivity index (χ3v) is 5.24. The number of thioether (sulfide) groups is 1. The van der Waals surface area contributed by atoms with Gasteiger partial charge in [-0.15, -0.1) is 0 Å². The van der Waals surface area contributed by atoms with Crippen molar-refractivity contribution in [2.24, 2.45) is 0 Å². The van der Waals surface area contributed by atoms with E-state index >= 15 is 0 Å². The Morgan fingerprint density at radius 2 is 1.75 bits per heavy atom. The van der Waals surface area contributed by atoms with Gasteiger partial charge in [-0.05, 0) is 44.2 Å². The van der Waals surface area contributed by atoms with Gasteiger partial charge in [0.15, 0.2) is 5.16 Å². The molecule has 5 heteroatoms. The van der Waals surface area contributed by atoms with Gasteiger partial charge in [-0.2, -0.15) is 0 Å². The van der Waals surface area contributed by atoms with Crippen molar-refractivity contribution < 1.29 is 4.79 Å². The molecule has 0 radical (unpaired) electrons. The minimum atomic E-state index is 0.189. The molecule has 0 bridgehead atoms. The minimum Gasteiger partial charge on any atom is -0.342 e. The highest BCUT2D eigenvalue weighted by Gasteiger charge is 2.23. The van der Waals surface area contributed by atoms with Gasteiger partial charge in [0.1, 0.15) is 0 Å². The molecule has 1 fully saturated rings. The van der Waals surface area contributed by atoms with Crippen LogP contribution < -0.4 is 0 Å². The van der Waals surface area contributed by atoms with E-state index in [0.717, 1.165) is 37.3 Å². The summed E-state index contributed by atoms with van der Waals surface area (Å²) in [4.78, 5) is 23.2. The first kappa shape index (κ1) is 17.0. The molecule has 1 amide bonds. The van der Waals surface area contributed by atoms with E-state index in [1.54, 1.807) is 0 Å². The lowest BCUT2D eigenvalue weighted by atomic mass is 9.89. The van der Waals surface area contributed by atoms with E-state index < -0.39 is 0 Å². The van der Waals surface area contributed by atoms with Crippen molar-refractivity contribution in [3.05, 3.63) is 53.3 Å². The fourth-order valence-corrected chi connectivity index (χ4v) is 4.02. The molecular formula is C19H23N3OS. The Morgan fingerprint density at radius 1 is 1.12 bits per heavy atom. The van der Waals surface area contributed by atoms with Crippen LogP contribution in [0.3, 0.4) is 0 Å². The Balaban J connectivity index is 1.50. The quantitative estimate of drug-likeness (QED) is 0.630. The van der Waals surface area contributed by atoms with E-state index in [-0.39, 0.29) is 5.91 Å². The smallest absolute Gasteiger partial charge is 0.233 e. The Labute approximate surface area is 147 Å². The van der Waals surface area contributed by atoms with Gasteiger partial charge < -0.3 is 4.90 Å². The number of hydrogen-bond acceptors (Lipinski definition) is 4. The highest BCUT2D eigenvalue weighted by molar-refractivity contribution is 7.99. The maximum atomic E-state index is 12.4. The van der Waals surface area contributed by atoms with E-state index in [1.165, 1.54) is 17.3 Å². The molecule has 0 aliphatic carbocycles. The monoisotopic (exact) mass is 341 g/mol. The average molecular weight is 341 g/mol. The number of carbonyl (C=O) groups is 1. The van der Waals surface area contributed by atoms with Crippen molar-refractivity contribution in [3.8, 4) is 0 Å². The van der Waals surface area contributed by atoms with Crippen LogP contribution in [0.15, 0.2) is 41.6 Å². The summed E-state index contributed by atoms with van der Waals surface area (Å²) in [7, 11) is 0. The van der Waals surface area contributed by atoms with Gasteiger partial charge in [-0.3, -0.25) is 4.79 Å². The third kappa shape index (κ3) is 4.35. The van der Waals surface area contributed by atoms with Crippen LogP contribution in [0.4, 0.5) is 0 Å². The number of aryl methyl sites for hydroxylation is 2. The number of amides is 1. The molecule has 1 aromatic heterocycles. The van der Waals surface area contributed by atoms with E-state index in [4.69, 9.17) is 0 Å². The highest BCUT2D eigenvalue weighted by Crippen LogP contribution is 2.28. The molecule has 0 N–H and O–H groups in total. The molecule has 126 valence electrons. The van der Waals surface area contributed by atoms with Gasteiger partial charge in [0.25, 0.3) is 0 Å². The van der Waals surface area contributed by atoms with Crippen LogP contribution in [0, 0.1) is 13.8 Å². The number of benzene rings is 1. The maximum absolute atomic E-state index is 12.4. The summed E-state index contributed by atoms with van der Waals surface area (Å²) in [5, 5.41) is 0.694. The second kappa shape index (κ2) is 7.79. The number of carbonyl (C=O) groups excluding carboxylic acids is 1.